The Bertz CT molecular complexity index is 932. The van der Waals surface area contributed by atoms with Crippen molar-refractivity contribution in [2.75, 3.05) is 30.3 Å². The van der Waals surface area contributed by atoms with Crippen LogP contribution in [0.5, 0.6) is 0 Å². The number of nitrogens with one attached hydrogen (secondary N) is 3. The maximum absolute atomic E-state index is 4.61. The molecule has 3 aromatic heterocycles. The number of fused-ring (bicyclic) bond motifs is 1. The molecular weight excluding hydrogens is 350 g/mol. The predicted molar refractivity (Wildman–Crippen MR) is 113 cm³/mol. The lowest BCUT2D eigenvalue weighted by Gasteiger charge is -2.28. The van der Waals surface area contributed by atoms with E-state index in [2.05, 4.69) is 56.1 Å². The number of hydrogen-bond acceptors (Lipinski definition) is 6. The molecule has 0 unspecified atom stereocenters. The zero-order valence-corrected chi connectivity index (χ0v) is 16.6. The van der Waals surface area contributed by atoms with Crippen LogP contribution in [-0.4, -0.2) is 45.4 Å². The Balaban J connectivity index is 1.31. The Morgan fingerprint density at radius 1 is 1.21 bits per heavy atom. The Labute approximate surface area is 165 Å². The van der Waals surface area contributed by atoms with E-state index in [4.69, 9.17) is 0 Å². The van der Waals surface area contributed by atoms with Crippen molar-refractivity contribution in [2.45, 2.75) is 25.8 Å². The lowest BCUT2D eigenvalue weighted by Crippen LogP contribution is -2.42. The first kappa shape index (κ1) is 18.4. The highest BCUT2D eigenvalue weighted by Crippen LogP contribution is 2.29. The molecule has 1 aliphatic rings. The summed E-state index contributed by atoms with van der Waals surface area (Å²) in [6.07, 6.45) is 7.73. The highest BCUT2D eigenvalue weighted by molar-refractivity contribution is 5.75. The van der Waals surface area contributed by atoms with Gasteiger partial charge >= 0.3 is 0 Å². The fraction of sp³-hybridized carbons (Fsp3) is 0.381. The molecule has 1 aliphatic heterocycles. The number of nitrogens with zero attached hydrogens (tertiary/aromatic N) is 4. The van der Waals surface area contributed by atoms with Gasteiger partial charge in [-0.3, -0.25) is 9.67 Å². The molecule has 4 rings (SSSR count). The minimum Gasteiger partial charge on any atom is -0.380 e. The molecule has 7 heteroatoms. The zero-order chi connectivity index (χ0) is 19.5. The van der Waals surface area contributed by atoms with Crippen molar-refractivity contribution in [3.05, 3.63) is 54.2 Å². The van der Waals surface area contributed by atoms with E-state index >= 15 is 0 Å². The average Bonchev–Trinajstić information content (AvgIpc) is 3.14. The third kappa shape index (κ3) is 4.14. The molecule has 0 fully saturated rings. The van der Waals surface area contributed by atoms with Crippen LogP contribution < -0.4 is 16.0 Å². The maximum atomic E-state index is 4.61. The summed E-state index contributed by atoms with van der Waals surface area (Å²) >= 11 is 0. The summed E-state index contributed by atoms with van der Waals surface area (Å²) in [4.78, 5) is 9.00. The molecule has 4 heterocycles. The second-order valence-corrected chi connectivity index (χ2v) is 7.54. The van der Waals surface area contributed by atoms with Crippen molar-refractivity contribution in [1.82, 2.24) is 25.1 Å². The van der Waals surface area contributed by atoms with E-state index in [1.54, 1.807) is 4.68 Å². The van der Waals surface area contributed by atoms with Gasteiger partial charge in [-0.1, -0.05) is 13.0 Å². The summed E-state index contributed by atoms with van der Waals surface area (Å²) < 4.78 is 1.80. The Hall–Kier alpha value is -2.93. The average molecular weight is 377 g/mol. The Kier molecular flexibility index (Phi) is 5.25. The van der Waals surface area contributed by atoms with Gasteiger partial charge in [0, 0.05) is 62.1 Å². The molecule has 7 nitrogen and oxygen atoms in total. The molecule has 2 atom stereocenters. The largest absolute Gasteiger partial charge is 0.380 e. The SMILES string of the molecule is Cc1ccc([C@H](C)CNC[C@H]2CNc3cc(-c4cnn(C)c4)cnc3N2)cn1. The molecule has 0 spiro atoms. The second-order valence-electron chi connectivity index (χ2n) is 7.54. The van der Waals surface area contributed by atoms with Crippen LogP contribution >= 0.6 is 0 Å². The lowest BCUT2D eigenvalue weighted by molar-refractivity contribution is 0.571. The van der Waals surface area contributed by atoms with Gasteiger partial charge < -0.3 is 16.0 Å². The third-order valence-electron chi connectivity index (χ3n) is 5.15. The number of aryl methyl sites for hydroxylation is 2. The standard InChI is InChI=1S/C21H27N7/c1-14(16-5-4-15(2)23-8-16)7-22-11-19-12-24-20-6-17(9-25-21(20)27-19)18-10-26-28(3)13-18/h4-6,8-10,13-14,19,22,24H,7,11-12H2,1-3H3,(H,25,27)/t14-,19+/m1/s1. The number of anilines is 2. The van der Waals surface area contributed by atoms with Crippen molar-refractivity contribution >= 4 is 11.5 Å². The van der Waals surface area contributed by atoms with Crippen LogP contribution in [0.1, 0.15) is 24.1 Å². The van der Waals surface area contributed by atoms with E-state index in [0.717, 1.165) is 48.0 Å². The molecule has 146 valence electrons. The minimum absolute atomic E-state index is 0.299. The van der Waals surface area contributed by atoms with Crippen molar-refractivity contribution < 1.29 is 0 Å². The first-order valence-electron chi connectivity index (χ1n) is 9.71. The van der Waals surface area contributed by atoms with Crippen LogP contribution in [0.4, 0.5) is 11.5 Å². The van der Waals surface area contributed by atoms with Crippen LogP contribution in [0.25, 0.3) is 11.1 Å². The molecule has 0 aliphatic carbocycles. The monoisotopic (exact) mass is 377 g/mol. The first-order valence-corrected chi connectivity index (χ1v) is 9.71. The van der Waals surface area contributed by atoms with E-state index in [0.29, 0.717) is 12.0 Å². The number of hydrogen-bond donors (Lipinski definition) is 3. The summed E-state index contributed by atoms with van der Waals surface area (Å²) in [6.45, 7) is 6.90. The highest BCUT2D eigenvalue weighted by Gasteiger charge is 2.19. The van der Waals surface area contributed by atoms with Crippen LogP contribution in [0.3, 0.4) is 0 Å². The fourth-order valence-electron chi connectivity index (χ4n) is 3.41. The summed E-state index contributed by atoms with van der Waals surface area (Å²) in [5, 5.41) is 14.8. The Morgan fingerprint density at radius 2 is 2.11 bits per heavy atom. The molecule has 28 heavy (non-hydrogen) atoms. The first-order chi connectivity index (χ1) is 13.6. The number of aromatic nitrogens is 4. The molecule has 0 saturated carbocycles. The van der Waals surface area contributed by atoms with Crippen LogP contribution in [0.2, 0.25) is 0 Å². The van der Waals surface area contributed by atoms with Crippen LogP contribution in [0, 0.1) is 6.92 Å². The Morgan fingerprint density at radius 3 is 2.86 bits per heavy atom. The van der Waals surface area contributed by atoms with Gasteiger partial charge in [0.25, 0.3) is 0 Å². The van der Waals surface area contributed by atoms with Gasteiger partial charge in [0.15, 0.2) is 0 Å². The molecule has 0 radical (unpaired) electrons. The summed E-state index contributed by atoms with van der Waals surface area (Å²) in [6, 6.07) is 6.66. The molecule has 3 aromatic rings. The molecule has 3 N–H and O–H groups in total. The van der Waals surface area contributed by atoms with Crippen molar-refractivity contribution in [1.29, 1.82) is 0 Å². The normalized spacial score (nSPS) is 16.8. The summed E-state index contributed by atoms with van der Waals surface area (Å²) in [5.41, 5.74) is 5.50. The van der Waals surface area contributed by atoms with Gasteiger partial charge in [-0.25, -0.2) is 4.98 Å². The third-order valence-corrected chi connectivity index (χ3v) is 5.15. The summed E-state index contributed by atoms with van der Waals surface area (Å²) in [7, 11) is 1.92. The summed E-state index contributed by atoms with van der Waals surface area (Å²) in [5.74, 6) is 1.33. The lowest BCUT2D eigenvalue weighted by atomic mass is 10.0. The van der Waals surface area contributed by atoms with Crippen molar-refractivity contribution in [3.8, 4) is 11.1 Å². The maximum Gasteiger partial charge on any atom is 0.149 e. The molecule has 0 bridgehead atoms. The topological polar surface area (TPSA) is 79.7 Å². The quantitative estimate of drug-likeness (QED) is 0.613. The van der Waals surface area contributed by atoms with Gasteiger partial charge in [0.05, 0.1) is 17.9 Å². The van der Waals surface area contributed by atoms with Crippen molar-refractivity contribution in [3.63, 3.8) is 0 Å². The van der Waals surface area contributed by atoms with Gasteiger partial charge in [-0.15, -0.1) is 0 Å². The smallest absolute Gasteiger partial charge is 0.149 e. The van der Waals surface area contributed by atoms with E-state index < -0.39 is 0 Å². The van der Waals surface area contributed by atoms with Crippen LogP contribution in [0.15, 0.2) is 43.0 Å². The molecule has 0 amide bonds. The van der Waals surface area contributed by atoms with Gasteiger partial charge in [0.2, 0.25) is 0 Å². The van der Waals surface area contributed by atoms with Gasteiger partial charge in [-0.2, -0.15) is 5.10 Å². The van der Waals surface area contributed by atoms with Gasteiger partial charge in [0.1, 0.15) is 5.82 Å². The van der Waals surface area contributed by atoms with E-state index in [-0.39, 0.29) is 0 Å². The number of rotatable bonds is 6. The second kappa shape index (κ2) is 7.98. The van der Waals surface area contributed by atoms with E-state index in [1.807, 2.05) is 38.8 Å². The molecule has 0 saturated heterocycles. The molecule has 0 aromatic carbocycles. The molecular formula is C21H27N7. The number of pyridine rings is 2. The van der Waals surface area contributed by atoms with Gasteiger partial charge in [-0.05, 0) is 30.5 Å². The predicted octanol–water partition coefficient (Wildman–Crippen LogP) is 2.78. The zero-order valence-electron chi connectivity index (χ0n) is 16.6. The minimum atomic E-state index is 0.299. The van der Waals surface area contributed by atoms with E-state index in [9.17, 15) is 0 Å². The van der Waals surface area contributed by atoms with Crippen molar-refractivity contribution in [2.24, 2.45) is 7.05 Å². The highest BCUT2D eigenvalue weighted by atomic mass is 15.2. The van der Waals surface area contributed by atoms with Crippen LogP contribution in [-0.2, 0) is 7.05 Å². The van der Waals surface area contributed by atoms with E-state index in [1.165, 1.54) is 5.56 Å². The fourth-order valence-corrected chi connectivity index (χ4v) is 3.41.